The fourth-order valence-electron chi connectivity index (χ4n) is 3.39. The van der Waals surface area contributed by atoms with E-state index in [-0.39, 0.29) is 5.91 Å². The van der Waals surface area contributed by atoms with E-state index in [1.165, 1.54) is 0 Å². The summed E-state index contributed by atoms with van der Waals surface area (Å²) in [5.41, 5.74) is 1.90. The van der Waals surface area contributed by atoms with Crippen molar-refractivity contribution in [2.24, 2.45) is 0 Å². The number of hydrogen-bond acceptors (Lipinski definition) is 6. The first-order valence-corrected chi connectivity index (χ1v) is 10.0. The smallest absolute Gasteiger partial charge is 0.238 e. The minimum absolute atomic E-state index is 0.0215. The lowest BCUT2D eigenvalue weighted by Gasteiger charge is -2.34. The number of carbonyl (C=O) groups excluding carboxylic acids is 1. The number of hydrogen-bond donors (Lipinski definition) is 1. The number of amides is 1. The van der Waals surface area contributed by atoms with Crippen LogP contribution < -0.4 is 15.0 Å². The molecule has 1 aromatic heterocycles. The zero-order chi connectivity index (χ0) is 20.8. The third-order valence-electron chi connectivity index (χ3n) is 4.94. The number of ether oxygens (including phenoxy) is 1. The summed E-state index contributed by atoms with van der Waals surface area (Å²) in [6.45, 7) is 5.61. The Labute approximate surface area is 176 Å². The minimum Gasteiger partial charge on any atom is -0.457 e. The second-order valence-electron chi connectivity index (χ2n) is 7.30. The lowest BCUT2D eigenvalue weighted by molar-refractivity contribution is -0.117. The van der Waals surface area contributed by atoms with Crippen LogP contribution >= 0.6 is 0 Å². The van der Waals surface area contributed by atoms with E-state index in [1.54, 1.807) is 12.4 Å². The van der Waals surface area contributed by atoms with E-state index in [1.807, 2.05) is 61.5 Å². The Kier molecular flexibility index (Phi) is 6.20. The van der Waals surface area contributed by atoms with Gasteiger partial charge in [-0.3, -0.25) is 9.69 Å². The van der Waals surface area contributed by atoms with Crippen LogP contribution in [0.1, 0.15) is 5.56 Å². The van der Waals surface area contributed by atoms with Gasteiger partial charge in [-0.15, -0.1) is 0 Å². The maximum absolute atomic E-state index is 12.4. The monoisotopic (exact) mass is 403 g/mol. The van der Waals surface area contributed by atoms with Gasteiger partial charge in [0.05, 0.1) is 6.54 Å². The minimum atomic E-state index is -0.0215. The summed E-state index contributed by atoms with van der Waals surface area (Å²) < 4.78 is 5.85. The van der Waals surface area contributed by atoms with Crippen molar-refractivity contribution >= 4 is 17.5 Å². The molecule has 0 bridgehead atoms. The van der Waals surface area contributed by atoms with Crippen LogP contribution in [0.2, 0.25) is 0 Å². The number of anilines is 2. The van der Waals surface area contributed by atoms with Gasteiger partial charge in [0.15, 0.2) is 0 Å². The van der Waals surface area contributed by atoms with E-state index in [0.29, 0.717) is 6.54 Å². The summed E-state index contributed by atoms with van der Waals surface area (Å²) in [6, 6.07) is 17.1. The highest BCUT2D eigenvalue weighted by atomic mass is 16.5. The van der Waals surface area contributed by atoms with Crippen molar-refractivity contribution in [3.05, 3.63) is 72.6 Å². The molecule has 30 heavy (non-hydrogen) atoms. The summed E-state index contributed by atoms with van der Waals surface area (Å²) >= 11 is 0. The second kappa shape index (κ2) is 9.37. The first-order chi connectivity index (χ1) is 14.7. The van der Waals surface area contributed by atoms with Crippen molar-refractivity contribution in [2.75, 3.05) is 42.9 Å². The Hall–Kier alpha value is -3.45. The maximum Gasteiger partial charge on any atom is 0.238 e. The molecule has 1 saturated heterocycles. The number of aryl methyl sites for hydroxylation is 1. The quantitative estimate of drug-likeness (QED) is 0.681. The van der Waals surface area contributed by atoms with Crippen LogP contribution in [-0.2, 0) is 4.79 Å². The van der Waals surface area contributed by atoms with Gasteiger partial charge < -0.3 is 15.0 Å². The molecule has 2 aromatic carbocycles. The van der Waals surface area contributed by atoms with Crippen molar-refractivity contribution < 1.29 is 9.53 Å². The molecule has 154 valence electrons. The number of nitrogens with zero attached hydrogens (tertiary/aromatic N) is 4. The molecule has 1 fully saturated rings. The van der Waals surface area contributed by atoms with Crippen molar-refractivity contribution in [1.29, 1.82) is 0 Å². The predicted octanol–water partition coefficient (Wildman–Crippen LogP) is 3.34. The SMILES string of the molecule is Cc1cccc(Oc2ccc(NC(=O)CN3CCN(c4ncccn4)CC3)cc2)c1. The van der Waals surface area contributed by atoms with Crippen LogP contribution in [0.25, 0.3) is 0 Å². The van der Waals surface area contributed by atoms with Gasteiger partial charge in [0.2, 0.25) is 11.9 Å². The van der Waals surface area contributed by atoms with Gasteiger partial charge in [-0.05, 0) is 55.0 Å². The zero-order valence-corrected chi connectivity index (χ0v) is 17.0. The van der Waals surface area contributed by atoms with Crippen LogP contribution in [-0.4, -0.2) is 53.5 Å². The van der Waals surface area contributed by atoms with Gasteiger partial charge in [0.1, 0.15) is 11.5 Å². The van der Waals surface area contributed by atoms with E-state index >= 15 is 0 Å². The molecule has 1 aliphatic rings. The van der Waals surface area contributed by atoms with Gasteiger partial charge in [0, 0.05) is 44.3 Å². The molecule has 0 unspecified atom stereocenters. The van der Waals surface area contributed by atoms with Crippen LogP contribution in [0, 0.1) is 6.92 Å². The summed E-state index contributed by atoms with van der Waals surface area (Å²) in [5, 5.41) is 2.96. The molecule has 0 radical (unpaired) electrons. The molecule has 0 saturated carbocycles. The lowest BCUT2D eigenvalue weighted by atomic mass is 10.2. The van der Waals surface area contributed by atoms with Crippen LogP contribution in [0.3, 0.4) is 0 Å². The van der Waals surface area contributed by atoms with Crippen molar-refractivity contribution in [1.82, 2.24) is 14.9 Å². The molecular weight excluding hydrogens is 378 g/mol. The summed E-state index contributed by atoms with van der Waals surface area (Å²) in [4.78, 5) is 25.3. The first kappa shape index (κ1) is 19.8. The molecule has 7 nitrogen and oxygen atoms in total. The zero-order valence-electron chi connectivity index (χ0n) is 17.0. The second-order valence-corrected chi connectivity index (χ2v) is 7.30. The Morgan fingerprint density at radius 2 is 1.70 bits per heavy atom. The topological polar surface area (TPSA) is 70.6 Å². The predicted molar refractivity (Wildman–Crippen MR) is 117 cm³/mol. The molecule has 4 rings (SSSR count). The largest absolute Gasteiger partial charge is 0.457 e. The molecule has 1 aliphatic heterocycles. The molecule has 0 atom stereocenters. The highest BCUT2D eigenvalue weighted by Gasteiger charge is 2.20. The Bertz CT molecular complexity index is 970. The van der Waals surface area contributed by atoms with Crippen molar-refractivity contribution in [3.8, 4) is 11.5 Å². The molecule has 3 aromatic rings. The number of piperazine rings is 1. The van der Waals surface area contributed by atoms with Gasteiger partial charge >= 0.3 is 0 Å². The van der Waals surface area contributed by atoms with E-state index in [2.05, 4.69) is 25.1 Å². The van der Waals surface area contributed by atoms with Crippen LogP contribution in [0.5, 0.6) is 11.5 Å². The first-order valence-electron chi connectivity index (χ1n) is 10.0. The number of aromatic nitrogens is 2. The van der Waals surface area contributed by atoms with Crippen molar-refractivity contribution in [3.63, 3.8) is 0 Å². The molecular formula is C23H25N5O2. The summed E-state index contributed by atoms with van der Waals surface area (Å²) in [7, 11) is 0. The molecule has 0 aliphatic carbocycles. The molecule has 0 spiro atoms. The third kappa shape index (κ3) is 5.33. The van der Waals surface area contributed by atoms with E-state index < -0.39 is 0 Å². The van der Waals surface area contributed by atoms with Gasteiger partial charge in [-0.1, -0.05) is 12.1 Å². The van der Waals surface area contributed by atoms with Crippen molar-refractivity contribution in [2.45, 2.75) is 6.92 Å². The number of nitrogens with one attached hydrogen (secondary N) is 1. The fraction of sp³-hybridized carbons (Fsp3) is 0.261. The van der Waals surface area contributed by atoms with E-state index in [0.717, 1.165) is 54.9 Å². The average molecular weight is 403 g/mol. The van der Waals surface area contributed by atoms with Crippen LogP contribution in [0.15, 0.2) is 67.0 Å². The van der Waals surface area contributed by atoms with E-state index in [9.17, 15) is 4.79 Å². The van der Waals surface area contributed by atoms with Gasteiger partial charge in [-0.2, -0.15) is 0 Å². The number of carbonyl (C=O) groups is 1. The highest BCUT2D eigenvalue weighted by molar-refractivity contribution is 5.92. The summed E-state index contributed by atoms with van der Waals surface area (Å²) in [5.74, 6) is 2.26. The van der Waals surface area contributed by atoms with Gasteiger partial charge in [0.25, 0.3) is 0 Å². The summed E-state index contributed by atoms with van der Waals surface area (Å²) in [6.07, 6.45) is 3.50. The fourth-order valence-corrected chi connectivity index (χ4v) is 3.39. The Morgan fingerprint density at radius 3 is 2.40 bits per heavy atom. The van der Waals surface area contributed by atoms with E-state index in [4.69, 9.17) is 4.74 Å². The molecule has 1 amide bonds. The third-order valence-corrected chi connectivity index (χ3v) is 4.94. The highest BCUT2D eigenvalue weighted by Crippen LogP contribution is 2.23. The molecule has 2 heterocycles. The van der Waals surface area contributed by atoms with Gasteiger partial charge in [-0.25, -0.2) is 9.97 Å². The Morgan fingerprint density at radius 1 is 0.967 bits per heavy atom. The maximum atomic E-state index is 12.4. The molecule has 7 heteroatoms. The molecule has 1 N–H and O–H groups in total. The normalized spacial score (nSPS) is 14.4. The van der Waals surface area contributed by atoms with Crippen LogP contribution in [0.4, 0.5) is 11.6 Å². The Balaban J connectivity index is 1.24. The number of rotatable bonds is 6. The average Bonchev–Trinajstić information content (AvgIpc) is 2.76. The number of benzene rings is 2. The standard InChI is InChI=1S/C23H25N5O2/c1-18-4-2-5-21(16-18)30-20-8-6-19(7-9-20)26-22(29)17-27-12-14-28(15-13-27)23-24-10-3-11-25-23/h2-11,16H,12-15,17H2,1H3,(H,26,29). The lowest BCUT2D eigenvalue weighted by Crippen LogP contribution is -2.49.